The molecule has 0 spiro atoms. The van der Waals surface area contributed by atoms with Gasteiger partial charge in [0.25, 0.3) is 5.88 Å². The lowest BCUT2D eigenvalue weighted by Gasteiger charge is -2.55. The third-order valence-corrected chi connectivity index (χ3v) is 17.0. The van der Waals surface area contributed by atoms with E-state index >= 15 is 9.59 Å². The normalized spacial score (nSPS) is 21.6. The van der Waals surface area contributed by atoms with Gasteiger partial charge in [0.15, 0.2) is 25.4 Å². The molecule has 0 amide bonds. The molecule has 4 aromatic rings. The number of carbonyl (C=O) groups excluding carboxylic acids is 3. The van der Waals surface area contributed by atoms with Crippen molar-refractivity contribution in [3.05, 3.63) is 87.7 Å². The van der Waals surface area contributed by atoms with Crippen LogP contribution in [-0.2, 0) is 33.5 Å². The second-order valence-corrected chi connectivity index (χ2v) is 24.3. The molecule has 0 radical (unpaired) electrons. The predicted octanol–water partition coefficient (Wildman–Crippen LogP) is 9.08. The maximum Gasteiger partial charge on any atom is 0.514 e. The van der Waals surface area contributed by atoms with Crippen LogP contribution in [0.3, 0.4) is 0 Å². The molecule has 1 N–H and O–H groups in total. The number of aromatic nitrogens is 1. The Hall–Kier alpha value is -5.02. The summed E-state index contributed by atoms with van der Waals surface area (Å²) in [7, 11) is 6.21. The van der Waals surface area contributed by atoms with E-state index < -0.39 is 65.9 Å². The van der Waals surface area contributed by atoms with Crippen LogP contribution in [-0.4, -0.2) is 92.6 Å². The van der Waals surface area contributed by atoms with Crippen LogP contribution in [0.2, 0.25) is 18.1 Å². The Morgan fingerprint density at radius 2 is 1.62 bits per heavy atom. The number of rotatable bonds is 10. The first-order valence-corrected chi connectivity index (χ1v) is 23.7. The molecule has 1 heterocycles. The van der Waals surface area contributed by atoms with E-state index in [0.717, 1.165) is 11.1 Å². The summed E-state index contributed by atoms with van der Waals surface area (Å²) < 4.78 is 37.4. The van der Waals surface area contributed by atoms with Gasteiger partial charge in [-0.15, -0.1) is 0 Å². The molecule has 0 saturated heterocycles. The van der Waals surface area contributed by atoms with Gasteiger partial charge >= 0.3 is 6.16 Å². The van der Waals surface area contributed by atoms with Gasteiger partial charge in [0.2, 0.25) is 11.6 Å². The van der Waals surface area contributed by atoms with E-state index in [9.17, 15) is 9.90 Å². The summed E-state index contributed by atoms with van der Waals surface area (Å²) in [4.78, 5) is 49.2. The highest BCUT2D eigenvalue weighted by molar-refractivity contribution is 6.74. The number of fused-ring (bicyclic) bond motifs is 5. The number of aliphatic hydroxyl groups is 1. The van der Waals surface area contributed by atoms with Crippen molar-refractivity contribution in [2.24, 2.45) is 11.8 Å². The summed E-state index contributed by atoms with van der Waals surface area (Å²) in [6.07, 6.45) is -0.509. The second kappa shape index (κ2) is 15.7. The molecular formula is C47H59N3O10Si. The number of ketones is 2. The van der Waals surface area contributed by atoms with Crippen molar-refractivity contribution in [1.82, 2.24) is 15.0 Å². The lowest BCUT2D eigenvalue weighted by atomic mass is 9.57. The maximum atomic E-state index is 16.0. The number of Topliss-reactive ketones (excluding diaryl/α,β-unsaturated/α-hetero) is 2. The predicted molar refractivity (Wildman–Crippen MR) is 234 cm³/mol. The van der Waals surface area contributed by atoms with Gasteiger partial charge < -0.3 is 37.9 Å². The molecule has 3 aromatic carbocycles. The van der Waals surface area contributed by atoms with Gasteiger partial charge in [-0.3, -0.25) is 14.5 Å². The molecule has 13 nitrogen and oxygen atoms in total. The van der Waals surface area contributed by atoms with Crippen LogP contribution < -0.4 is 14.2 Å². The molecule has 0 bridgehead atoms. The molecule has 7 rings (SSSR count). The second-order valence-electron chi connectivity index (χ2n) is 19.6. The molecule has 14 heteroatoms. The zero-order valence-electron chi connectivity index (χ0n) is 37.6. The van der Waals surface area contributed by atoms with E-state index in [4.69, 9.17) is 27.9 Å². The zero-order chi connectivity index (χ0) is 44.6. The van der Waals surface area contributed by atoms with Gasteiger partial charge in [-0.1, -0.05) is 63.2 Å². The number of nitrogens with zero attached hydrogens (tertiary/aromatic N) is 3. The van der Waals surface area contributed by atoms with E-state index in [0.29, 0.717) is 34.4 Å². The van der Waals surface area contributed by atoms with Gasteiger partial charge in [0.1, 0.15) is 29.3 Å². The van der Waals surface area contributed by atoms with Crippen molar-refractivity contribution in [1.29, 1.82) is 0 Å². The van der Waals surface area contributed by atoms with Crippen molar-refractivity contribution >= 4 is 42.6 Å². The average Bonchev–Trinajstić information content (AvgIpc) is 3.57. The molecule has 1 fully saturated rings. The third-order valence-electron chi connectivity index (χ3n) is 12.5. The van der Waals surface area contributed by atoms with Crippen LogP contribution in [0.4, 0.5) is 4.79 Å². The smallest absolute Gasteiger partial charge is 0.507 e. The third kappa shape index (κ3) is 7.65. The summed E-state index contributed by atoms with van der Waals surface area (Å²) in [6.45, 7) is 16.0. The first kappa shape index (κ1) is 44.0. The van der Waals surface area contributed by atoms with E-state index in [1.807, 2.05) is 120 Å². The Labute approximate surface area is 359 Å². The van der Waals surface area contributed by atoms with E-state index in [1.165, 1.54) is 0 Å². The fraction of sp³-hybridized carbons (Fsp3) is 0.489. The van der Waals surface area contributed by atoms with Gasteiger partial charge in [-0.2, -0.15) is 0 Å². The molecule has 0 aliphatic heterocycles. The monoisotopic (exact) mass is 853 g/mol. The number of hydrogen-bond acceptors (Lipinski definition) is 13. The SMILES string of the molecule is COc1c2c(c(OC(=O)OC(C)(C)C)c3cc(CN(C)C)ccc13)C(O)=C1C(=O)[C@]3(O[Si](C)(C)C(C)(C)C)C(=O)c4c(OCc5ccccc5)noc4[C@@H](N(C)C)[C@@H]3C[C@@H]1C2. The topological polar surface area (TPSA) is 150 Å². The molecule has 3 aliphatic rings. The molecular weight excluding hydrogens is 795 g/mol. The van der Waals surface area contributed by atoms with Crippen LogP contribution >= 0.6 is 0 Å². The van der Waals surface area contributed by atoms with Gasteiger partial charge in [0, 0.05) is 34.4 Å². The summed E-state index contributed by atoms with van der Waals surface area (Å²) in [5, 5.41) is 17.8. The van der Waals surface area contributed by atoms with Crippen LogP contribution in [0.1, 0.15) is 92.4 Å². The lowest BCUT2D eigenvalue weighted by Crippen LogP contribution is -2.68. The highest BCUT2D eigenvalue weighted by Crippen LogP contribution is 2.60. The average molecular weight is 854 g/mol. The van der Waals surface area contributed by atoms with Crippen LogP contribution in [0.15, 0.2) is 58.6 Å². The summed E-state index contributed by atoms with van der Waals surface area (Å²) in [5.74, 6) is -2.27. The first-order valence-electron chi connectivity index (χ1n) is 20.8. The highest BCUT2D eigenvalue weighted by Gasteiger charge is 2.69. The number of benzene rings is 3. The zero-order valence-corrected chi connectivity index (χ0v) is 38.6. The Kier molecular flexibility index (Phi) is 11.3. The fourth-order valence-electron chi connectivity index (χ4n) is 8.97. The summed E-state index contributed by atoms with van der Waals surface area (Å²) in [6, 6.07) is 14.6. The maximum absolute atomic E-state index is 16.0. The fourth-order valence-corrected chi connectivity index (χ4v) is 10.4. The van der Waals surface area contributed by atoms with E-state index in [2.05, 4.69) is 5.16 Å². The Balaban J connectivity index is 1.49. The molecule has 3 aliphatic carbocycles. The van der Waals surface area contributed by atoms with Crippen LogP contribution in [0, 0.1) is 11.8 Å². The van der Waals surface area contributed by atoms with E-state index in [1.54, 1.807) is 27.9 Å². The quantitative estimate of drug-likeness (QED) is 0.0700. The number of methoxy groups -OCH3 is 1. The molecule has 326 valence electrons. The Morgan fingerprint density at radius 3 is 2.23 bits per heavy atom. The van der Waals surface area contributed by atoms with Crippen molar-refractivity contribution < 1.29 is 47.4 Å². The van der Waals surface area contributed by atoms with Gasteiger partial charge in [-0.05, 0) is 108 Å². The molecule has 1 aromatic heterocycles. The minimum Gasteiger partial charge on any atom is -0.507 e. The van der Waals surface area contributed by atoms with Crippen molar-refractivity contribution in [2.45, 2.75) is 103 Å². The summed E-state index contributed by atoms with van der Waals surface area (Å²) in [5.41, 5.74) is -0.477. The number of hydrogen-bond donors (Lipinski definition) is 1. The Morgan fingerprint density at radius 1 is 0.934 bits per heavy atom. The first-order chi connectivity index (χ1) is 28.5. The van der Waals surface area contributed by atoms with E-state index in [-0.39, 0.29) is 47.8 Å². The van der Waals surface area contributed by atoms with Crippen molar-refractivity contribution in [2.75, 3.05) is 35.3 Å². The van der Waals surface area contributed by atoms with Crippen molar-refractivity contribution in [3.8, 4) is 17.4 Å². The standard InChI is InChI=1S/C47H59N3O10Si/c1-45(2,3)58-44(54)57-39-30-21-27(24-49(7)8)19-20-29(30)38(55-11)31-22-28-23-32-36(50(9)10)40-35(43(48-59-40)56-25-26-17-15-14-16-18-26)42(53)47(32,60-61(12,13)46(4,5)6)41(52)33(28)37(51)34(31)39/h14-21,28,32,36,51H,22-25H2,1-13H3/t28-,32-,36-,47-/m0/s1. The molecule has 1 saturated carbocycles. The molecule has 0 unspecified atom stereocenters. The van der Waals surface area contributed by atoms with Gasteiger partial charge in [-0.25, -0.2) is 4.79 Å². The number of carbonyl (C=O) groups is 3. The highest BCUT2D eigenvalue weighted by atomic mass is 28.4. The van der Waals surface area contributed by atoms with Crippen molar-refractivity contribution in [3.63, 3.8) is 0 Å². The number of aliphatic hydroxyl groups excluding tert-OH is 1. The number of ether oxygens (including phenoxy) is 4. The Bertz CT molecular complexity index is 2420. The minimum absolute atomic E-state index is 0.0254. The van der Waals surface area contributed by atoms with Gasteiger partial charge in [0.05, 0.1) is 18.7 Å². The lowest BCUT2D eigenvalue weighted by molar-refractivity contribution is -0.140. The molecule has 61 heavy (non-hydrogen) atoms. The van der Waals surface area contributed by atoms with Crippen LogP contribution in [0.5, 0.6) is 17.4 Å². The minimum atomic E-state index is -2.99. The molecule has 4 atom stereocenters. The summed E-state index contributed by atoms with van der Waals surface area (Å²) >= 11 is 0. The largest absolute Gasteiger partial charge is 0.514 e. The van der Waals surface area contributed by atoms with Crippen LogP contribution in [0.25, 0.3) is 16.5 Å².